The molecule has 1 saturated heterocycles. The third-order valence-electron chi connectivity index (χ3n) is 6.95. The second-order valence-electron chi connectivity index (χ2n) is 8.93. The first-order chi connectivity index (χ1) is 16.7. The van der Waals surface area contributed by atoms with E-state index < -0.39 is 0 Å². The Bertz CT molecular complexity index is 1380. The molecule has 176 valence electrons. The quantitative estimate of drug-likeness (QED) is 0.398. The highest BCUT2D eigenvalue weighted by Gasteiger charge is 2.19. The fourth-order valence-electron chi connectivity index (χ4n) is 5.16. The molecule has 6 rings (SSSR count). The number of pyridine rings is 1. The van der Waals surface area contributed by atoms with Crippen molar-refractivity contribution in [3.8, 4) is 23.0 Å². The first-order valence-electron chi connectivity index (χ1n) is 11.9. The van der Waals surface area contributed by atoms with Crippen molar-refractivity contribution in [2.45, 2.75) is 19.3 Å². The molecule has 1 fully saturated rings. The van der Waals surface area contributed by atoms with Gasteiger partial charge in [-0.05, 0) is 61.0 Å². The van der Waals surface area contributed by atoms with Crippen LogP contribution in [-0.4, -0.2) is 57.1 Å². The molecular formula is C27H29N3O4. The number of hydrogen-bond acceptors (Lipinski definition) is 7. The van der Waals surface area contributed by atoms with Crippen molar-refractivity contribution in [2.75, 3.05) is 52.5 Å². The zero-order valence-electron chi connectivity index (χ0n) is 19.6. The summed E-state index contributed by atoms with van der Waals surface area (Å²) >= 11 is 0. The van der Waals surface area contributed by atoms with Gasteiger partial charge >= 0.3 is 0 Å². The Morgan fingerprint density at radius 3 is 2.35 bits per heavy atom. The fraction of sp³-hybridized carbons (Fsp3) is 0.370. The molecule has 7 nitrogen and oxygen atoms in total. The SMILES string of the molecule is COc1cc2c(NCCN3CCCCC3)nc3c4cc5c(cc4ccc3c2cc1OC)OCO5. The van der Waals surface area contributed by atoms with E-state index in [0.29, 0.717) is 11.5 Å². The molecular weight excluding hydrogens is 430 g/mol. The molecule has 0 amide bonds. The minimum absolute atomic E-state index is 0.250. The van der Waals surface area contributed by atoms with Gasteiger partial charge in [-0.25, -0.2) is 4.98 Å². The van der Waals surface area contributed by atoms with Crippen molar-refractivity contribution in [1.82, 2.24) is 9.88 Å². The number of ether oxygens (including phenoxy) is 4. The van der Waals surface area contributed by atoms with Crippen molar-refractivity contribution in [3.05, 3.63) is 36.4 Å². The van der Waals surface area contributed by atoms with Crippen LogP contribution in [0.3, 0.4) is 0 Å². The fourth-order valence-corrected chi connectivity index (χ4v) is 5.16. The van der Waals surface area contributed by atoms with E-state index in [1.807, 2.05) is 24.3 Å². The van der Waals surface area contributed by atoms with Crippen LogP contribution in [0.2, 0.25) is 0 Å². The number of aromatic nitrogens is 1. The lowest BCUT2D eigenvalue weighted by molar-refractivity contribution is 0.174. The number of anilines is 1. The van der Waals surface area contributed by atoms with Crippen molar-refractivity contribution in [1.29, 1.82) is 0 Å². The second kappa shape index (κ2) is 8.72. The molecule has 1 aromatic heterocycles. The van der Waals surface area contributed by atoms with E-state index in [0.717, 1.165) is 62.9 Å². The molecule has 3 aromatic carbocycles. The summed E-state index contributed by atoms with van der Waals surface area (Å²) in [6.07, 6.45) is 3.92. The number of nitrogens with one attached hydrogen (secondary N) is 1. The molecule has 7 heteroatoms. The number of piperidine rings is 1. The van der Waals surface area contributed by atoms with Crippen LogP contribution < -0.4 is 24.3 Å². The van der Waals surface area contributed by atoms with Crippen molar-refractivity contribution < 1.29 is 18.9 Å². The molecule has 0 atom stereocenters. The molecule has 0 unspecified atom stereocenters. The third kappa shape index (κ3) is 3.60. The van der Waals surface area contributed by atoms with Crippen molar-refractivity contribution in [2.24, 2.45) is 0 Å². The van der Waals surface area contributed by atoms with E-state index in [1.165, 1.54) is 32.4 Å². The average Bonchev–Trinajstić information content (AvgIpc) is 3.34. The van der Waals surface area contributed by atoms with E-state index in [2.05, 4.69) is 22.3 Å². The lowest BCUT2D eigenvalue weighted by atomic mass is 10.00. The van der Waals surface area contributed by atoms with Crippen LogP contribution in [0.5, 0.6) is 23.0 Å². The Hall–Kier alpha value is -3.45. The van der Waals surface area contributed by atoms with Crippen LogP contribution in [0.15, 0.2) is 36.4 Å². The van der Waals surface area contributed by atoms with Gasteiger partial charge < -0.3 is 29.2 Å². The van der Waals surface area contributed by atoms with Gasteiger partial charge in [0.1, 0.15) is 5.82 Å². The van der Waals surface area contributed by atoms with Crippen molar-refractivity contribution in [3.63, 3.8) is 0 Å². The van der Waals surface area contributed by atoms with E-state index in [4.69, 9.17) is 23.9 Å². The Morgan fingerprint density at radius 1 is 0.853 bits per heavy atom. The topological polar surface area (TPSA) is 65.1 Å². The van der Waals surface area contributed by atoms with Gasteiger partial charge in [-0.2, -0.15) is 0 Å². The van der Waals surface area contributed by atoms with Crippen molar-refractivity contribution >= 4 is 38.3 Å². The summed E-state index contributed by atoms with van der Waals surface area (Å²) in [6.45, 7) is 4.44. The summed E-state index contributed by atoms with van der Waals surface area (Å²) in [5.74, 6) is 3.78. The van der Waals surface area contributed by atoms with E-state index in [1.54, 1.807) is 14.2 Å². The summed E-state index contributed by atoms with van der Waals surface area (Å²) < 4.78 is 22.5. The molecule has 2 aliphatic rings. The molecule has 4 aromatic rings. The minimum atomic E-state index is 0.250. The predicted molar refractivity (Wildman–Crippen MR) is 135 cm³/mol. The van der Waals surface area contributed by atoms with E-state index in [-0.39, 0.29) is 6.79 Å². The maximum atomic E-state index is 5.66. The van der Waals surface area contributed by atoms with Gasteiger partial charge in [0, 0.05) is 29.2 Å². The molecule has 0 aliphatic carbocycles. The molecule has 0 saturated carbocycles. The lowest BCUT2D eigenvalue weighted by Crippen LogP contribution is -2.33. The molecule has 0 spiro atoms. The van der Waals surface area contributed by atoms with Gasteiger partial charge in [0.05, 0.1) is 19.7 Å². The van der Waals surface area contributed by atoms with Gasteiger partial charge in [0.15, 0.2) is 23.0 Å². The molecule has 2 aliphatic heterocycles. The van der Waals surface area contributed by atoms with Crippen LogP contribution in [0.1, 0.15) is 19.3 Å². The molecule has 0 radical (unpaired) electrons. The third-order valence-corrected chi connectivity index (χ3v) is 6.95. The lowest BCUT2D eigenvalue weighted by Gasteiger charge is -2.26. The monoisotopic (exact) mass is 459 g/mol. The van der Waals surface area contributed by atoms with Crippen LogP contribution >= 0.6 is 0 Å². The smallest absolute Gasteiger partial charge is 0.231 e. The zero-order chi connectivity index (χ0) is 23.1. The number of nitrogens with zero attached hydrogens (tertiary/aromatic N) is 2. The highest BCUT2D eigenvalue weighted by atomic mass is 16.7. The summed E-state index contributed by atoms with van der Waals surface area (Å²) in [5.41, 5.74) is 0.927. The second-order valence-corrected chi connectivity index (χ2v) is 8.93. The Balaban J connectivity index is 1.51. The minimum Gasteiger partial charge on any atom is -0.493 e. The standard InChI is InChI=1S/C27H29N3O4/c1-31-22-14-20-18-7-6-17-12-24-25(34-16-33-24)13-19(17)26(18)29-27(21(20)15-23(22)32-2)28-8-11-30-9-4-3-5-10-30/h6-7,12-15H,3-5,8-11,16H2,1-2H3,(H,28,29). The van der Waals surface area contributed by atoms with Gasteiger partial charge in [-0.3, -0.25) is 0 Å². The highest BCUT2D eigenvalue weighted by molar-refractivity contribution is 6.18. The number of likely N-dealkylation sites (tertiary alicyclic amines) is 1. The number of rotatable bonds is 6. The Kier molecular flexibility index (Phi) is 5.41. The summed E-state index contributed by atoms with van der Waals surface area (Å²) in [7, 11) is 3.33. The molecule has 3 heterocycles. The first kappa shape index (κ1) is 21.1. The Morgan fingerprint density at radius 2 is 1.59 bits per heavy atom. The maximum Gasteiger partial charge on any atom is 0.231 e. The summed E-state index contributed by atoms with van der Waals surface area (Å²) in [6, 6.07) is 12.4. The normalized spacial score (nSPS) is 15.8. The Labute approximate surface area is 198 Å². The van der Waals surface area contributed by atoms with Crippen LogP contribution in [0, 0.1) is 0 Å². The first-order valence-corrected chi connectivity index (χ1v) is 11.9. The average molecular weight is 460 g/mol. The van der Waals surface area contributed by atoms with Gasteiger partial charge in [-0.15, -0.1) is 0 Å². The number of fused-ring (bicyclic) bond motifs is 6. The largest absolute Gasteiger partial charge is 0.493 e. The predicted octanol–water partition coefficient (Wildman–Crippen LogP) is 5.18. The van der Waals surface area contributed by atoms with Crippen LogP contribution in [0.25, 0.3) is 32.4 Å². The zero-order valence-corrected chi connectivity index (χ0v) is 19.6. The molecule has 1 N–H and O–H groups in total. The summed E-state index contributed by atoms with van der Waals surface area (Å²) in [5, 5.41) is 8.89. The number of hydrogen-bond donors (Lipinski definition) is 1. The maximum absolute atomic E-state index is 5.66. The van der Waals surface area contributed by atoms with E-state index in [9.17, 15) is 0 Å². The molecule has 0 bridgehead atoms. The number of benzene rings is 3. The summed E-state index contributed by atoms with van der Waals surface area (Å²) in [4.78, 5) is 7.68. The van der Waals surface area contributed by atoms with Gasteiger partial charge in [-0.1, -0.05) is 18.6 Å². The highest BCUT2D eigenvalue weighted by Crippen LogP contribution is 2.42. The van der Waals surface area contributed by atoms with Crippen LogP contribution in [-0.2, 0) is 0 Å². The molecule has 34 heavy (non-hydrogen) atoms. The van der Waals surface area contributed by atoms with Gasteiger partial charge in [0.25, 0.3) is 0 Å². The van der Waals surface area contributed by atoms with Gasteiger partial charge in [0.2, 0.25) is 6.79 Å². The van der Waals surface area contributed by atoms with Crippen LogP contribution in [0.4, 0.5) is 5.82 Å². The van der Waals surface area contributed by atoms with E-state index >= 15 is 0 Å². The number of methoxy groups -OCH3 is 2.